The van der Waals surface area contributed by atoms with Crippen molar-refractivity contribution in [3.8, 4) is 46.4 Å². The topological polar surface area (TPSA) is 189 Å². The van der Waals surface area contributed by atoms with Gasteiger partial charge in [0.15, 0.2) is 0 Å². The fourth-order valence-electron chi connectivity index (χ4n) is 12.2. The van der Waals surface area contributed by atoms with Crippen LogP contribution in [0.4, 0.5) is 26.3 Å². The molecule has 2 atom stereocenters. The van der Waals surface area contributed by atoms with Crippen molar-refractivity contribution in [2.75, 3.05) is 26.4 Å². The number of benzene rings is 6. The molecule has 2 unspecified atom stereocenters. The van der Waals surface area contributed by atoms with Gasteiger partial charge < -0.3 is 32.8 Å². The van der Waals surface area contributed by atoms with Gasteiger partial charge in [-0.2, -0.15) is 10.5 Å². The van der Waals surface area contributed by atoms with E-state index in [1.165, 1.54) is 60.7 Å². The van der Waals surface area contributed by atoms with Crippen LogP contribution < -0.4 is 9.47 Å². The summed E-state index contributed by atoms with van der Waals surface area (Å²) < 4.78 is 127. The average molecular weight is 1200 g/mol. The normalized spacial score (nSPS) is 16.9. The minimum absolute atomic E-state index is 0.00321. The number of carbonyl (C=O) groups is 2. The van der Waals surface area contributed by atoms with Gasteiger partial charge >= 0.3 is 11.9 Å². The molecule has 2 spiro atoms. The van der Waals surface area contributed by atoms with Crippen LogP contribution >= 0.6 is 0 Å². The first-order valence-electron chi connectivity index (χ1n) is 28.6. The highest BCUT2D eigenvalue weighted by Gasteiger charge is 2.56. The molecule has 4 aliphatic rings. The number of halogens is 6. The Morgan fingerprint density at radius 1 is 0.506 bits per heavy atom. The second-order valence-corrected chi connectivity index (χ2v) is 23.0. The SMILES string of the molecule is N#Cc1ccc(COc2cccc(-c3cc(F)c(Cc4nc5ccc(C(=O)OC(=O)c6ccc7nc(Cc8cc(F)c(-c9cccc(OCc%10ccc(C#N)cc%10F)n9)cc8F)n(C8COCC89CC9)c7c6)cc5n4C4COCC45CC5)cc3F)n2)c(F)c1. The zero-order chi connectivity index (χ0) is 61.3. The molecule has 444 valence electrons. The van der Waals surface area contributed by atoms with Crippen LogP contribution in [0.3, 0.4) is 0 Å². The van der Waals surface area contributed by atoms with E-state index in [-0.39, 0.29) is 128 Å². The predicted octanol–water partition coefficient (Wildman–Crippen LogP) is 13.1. The number of nitriles is 2. The number of nitrogens with zero attached hydrogens (tertiary/aromatic N) is 8. The van der Waals surface area contributed by atoms with E-state index in [1.54, 1.807) is 36.4 Å². The van der Waals surface area contributed by atoms with Crippen LogP contribution in [0.2, 0.25) is 0 Å². The van der Waals surface area contributed by atoms with Crippen molar-refractivity contribution in [2.45, 2.75) is 63.8 Å². The summed E-state index contributed by atoms with van der Waals surface area (Å²) in [4.78, 5) is 46.7. The molecule has 0 bridgehead atoms. The third-order valence-corrected chi connectivity index (χ3v) is 17.4. The summed E-state index contributed by atoms with van der Waals surface area (Å²) >= 11 is 0. The monoisotopic (exact) mass is 1200 g/mol. The van der Waals surface area contributed by atoms with E-state index in [4.69, 9.17) is 44.2 Å². The van der Waals surface area contributed by atoms with Crippen LogP contribution in [0.25, 0.3) is 44.6 Å². The third-order valence-electron chi connectivity index (χ3n) is 17.4. The maximum absolute atomic E-state index is 16.3. The van der Waals surface area contributed by atoms with E-state index >= 15 is 17.6 Å². The number of rotatable bonds is 16. The Bertz CT molecular complexity index is 4370. The lowest BCUT2D eigenvalue weighted by molar-refractivity contribution is 0.0397. The van der Waals surface area contributed by atoms with Crippen LogP contribution in [0.5, 0.6) is 11.8 Å². The zero-order valence-corrected chi connectivity index (χ0v) is 47.0. The molecule has 21 heteroatoms. The number of hydrogen-bond donors (Lipinski definition) is 0. The molecule has 15 nitrogen and oxygen atoms in total. The lowest BCUT2D eigenvalue weighted by Gasteiger charge is -2.22. The zero-order valence-electron chi connectivity index (χ0n) is 47.0. The first-order valence-corrected chi connectivity index (χ1v) is 28.6. The average Bonchev–Trinajstić information content (AvgIpc) is 1.60. The molecule has 10 aromatic rings. The number of aromatic nitrogens is 6. The van der Waals surface area contributed by atoms with Gasteiger partial charge in [-0.25, -0.2) is 55.9 Å². The van der Waals surface area contributed by atoms with E-state index in [1.807, 2.05) is 21.3 Å². The van der Waals surface area contributed by atoms with Crippen molar-refractivity contribution in [1.29, 1.82) is 10.5 Å². The van der Waals surface area contributed by atoms with Gasteiger partial charge in [0.2, 0.25) is 11.8 Å². The van der Waals surface area contributed by atoms with E-state index in [2.05, 4.69) is 9.97 Å². The highest BCUT2D eigenvalue weighted by Crippen LogP contribution is 2.59. The second kappa shape index (κ2) is 22.5. The highest BCUT2D eigenvalue weighted by atomic mass is 19.1. The minimum atomic E-state index is -0.965. The van der Waals surface area contributed by atoms with Crippen LogP contribution in [0.15, 0.2) is 133 Å². The van der Waals surface area contributed by atoms with Gasteiger partial charge in [-0.15, -0.1) is 0 Å². The van der Waals surface area contributed by atoms with Gasteiger partial charge in [0.25, 0.3) is 0 Å². The molecule has 2 aliphatic carbocycles. The van der Waals surface area contributed by atoms with Gasteiger partial charge in [-0.1, -0.05) is 24.3 Å². The Labute approximate surface area is 503 Å². The standard InChI is InChI=1S/C68H48F6N8O7/c69-47-19-37(29-75)7-9-41(47)31-87-63-5-1-3-53(79-63)45-27-49(71)43(21-51(45)73)25-61-77-55-13-11-39(23-57(55)81(61)59-33-85-35-67(59)15-16-67)65(83)89-66(84)40-12-14-56-58(24-40)82(60-34-86-36-68(60)17-18-68)62(78-56)26-44-22-52(74)46(28-50(44)72)54-4-2-6-64(80-54)88-32-42-10-8-38(30-76)20-48(42)70/h1-14,19-24,27-28,59-60H,15-18,25-26,31-36H2. The number of fused-ring (bicyclic) bond motifs is 2. The van der Waals surface area contributed by atoms with Crippen molar-refractivity contribution < 1.29 is 59.6 Å². The second-order valence-electron chi connectivity index (χ2n) is 23.0. The Hall–Kier alpha value is -10.2. The van der Waals surface area contributed by atoms with E-state index in [0.717, 1.165) is 62.1 Å². The van der Waals surface area contributed by atoms with Crippen molar-refractivity contribution in [3.63, 3.8) is 0 Å². The smallest absolute Gasteiger partial charge is 0.346 e. The maximum Gasteiger partial charge on any atom is 0.346 e. The van der Waals surface area contributed by atoms with Gasteiger partial charge in [-0.3, -0.25) is 0 Å². The Kier molecular flexibility index (Phi) is 14.3. The number of carbonyl (C=O) groups excluding carboxylic acids is 2. The van der Waals surface area contributed by atoms with Gasteiger partial charge in [0.1, 0.15) is 59.8 Å². The van der Waals surface area contributed by atoms with E-state index < -0.39 is 46.8 Å². The summed E-state index contributed by atoms with van der Waals surface area (Å²) in [7, 11) is 0. The number of hydrogen-bond acceptors (Lipinski definition) is 13. The molecule has 0 N–H and O–H groups in total. The Morgan fingerprint density at radius 2 is 0.933 bits per heavy atom. The fourth-order valence-corrected chi connectivity index (χ4v) is 12.2. The molecule has 2 aliphatic heterocycles. The molecule has 0 amide bonds. The first kappa shape index (κ1) is 56.6. The van der Waals surface area contributed by atoms with Crippen LogP contribution in [-0.4, -0.2) is 67.4 Å². The molecule has 89 heavy (non-hydrogen) atoms. The van der Waals surface area contributed by atoms with Crippen molar-refractivity contribution in [1.82, 2.24) is 29.1 Å². The largest absolute Gasteiger partial charge is 0.473 e. The van der Waals surface area contributed by atoms with E-state index in [0.29, 0.717) is 60.1 Å². The molecular weight excluding hydrogens is 1150 g/mol. The molecule has 2 saturated carbocycles. The summed E-state index contributed by atoms with van der Waals surface area (Å²) in [5.74, 6) is -5.38. The molecule has 4 aromatic heterocycles. The number of esters is 2. The minimum Gasteiger partial charge on any atom is -0.473 e. The molecule has 2 saturated heterocycles. The summed E-state index contributed by atoms with van der Waals surface area (Å²) in [6.07, 6.45) is 3.11. The summed E-state index contributed by atoms with van der Waals surface area (Å²) in [6, 6.07) is 33.7. The molecule has 6 aromatic carbocycles. The number of imidazole rings is 2. The molecule has 6 heterocycles. The maximum atomic E-state index is 16.3. The Morgan fingerprint density at radius 3 is 1.34 bits per heavy atom. The predicted molar refractivity (Wildman–Crippen MR) is 308 cm³/mol. The lowest BCUT2D eigenvalue weighted by atomic mass is 9.99. The molecular formula is C68H48F6N8O7. The molecule has 4 fully saturated rings. The summed E-state index contributed by atoms with van der Waals surface area (Å²) in [5.41, 5.74) is 1.94. The van der Waals surface area contributed by atoms with E-state index in [9.17, 15) is 18.4 Å². The molecule has 14 rings (SSSR count). The van der Waals surface area contributed by atoms with Crippen LogP contribution in [0.1, 0.15) is 104 Å². The number of ether oxygens (including phenoxy) is 5. The quantitative estimate of drug-likeness (QED) is 0.0505. The number of pyridine rings is 2. The highest BCUT2D eigenvalue weighted by molar-refractivity contribution is 6.05. The Balaban J connectivity index is 0.709. The molecule has 0 radical (unpaired) electrons. The van der Waals surface area contributed by atoms with Gasteiger partial charge in [0.05, 0.1) is 106 Å². The summed E-state index contributed by atoms with van der Waals surface area (Å²) in [6.45, 7) is 1.10. The van der Waals surface area contributed by atoms with Crippen molar-refractivity contribution in [2.24, 2.45) is 10.8 Å². The third kappa shape index (κ3) is 10.8. The van der Waals surface area contributed by atoms with Crippen molar-refractivity contribution >= 4 is 34.0 Å². The van der Waals surface area contributed by atoms with Crippen molar-refractivity contribution in [3.05, 3.63) is 225 Å². The van der Waals surface area contributed by atoms with Crippen LogP contribution in [-0.2, 0) is 40.3 Å². The van der Waals surface area contributed by atoms with Gasteiger partial charge in [0, 0.05) is 58.1 Å². The first-order chi connectivity index (χ1) is 43.1. The van der Waals surface area contributed by atoms with Gasteiger partial charge in [-0.05, 0) is 134 Å². The fraction of sp³-hybridized carbons (Fsp3) is 0.235. The summed E-state index contributed by atoms with van der Waals surface area (Å²) in [5, 5.41) is 18.2. The lowest BCUT2D eigenvalue weighted by Crippen LogP contribution is -2.21. The van der Waals surface area contributed by atoms with Crippen LogP contribution in [0, 0.1) is 68.4 Å².